The second kappa shape index (κ2) is 7.28. The fraction of sp³-hybridized carbons (Fsp3) is 0.438. The minimum Gasteiger partial charge on any atom is -0.271 e. The maximum Gasteiger partial charge on any atom is 0.123 e. The van der Waals surface area contributed by atoms with E-state index in [4.69, 9.17) is 23.2 Å². The molecule has 5 heteroatoms. The molecule has 0 aliphatic rings. The fourth-order valence-electron chi connectivity index (χ4n) is 2.49. The highest BCUT2D eigenvalue weighted by Crippen LogP contribution is 2.25. The summed E-state index contributed by atoms with van der Waals surface area (Å²) in [6.45, 7) is 2.03. The molecular weight excluding hydrogens is 310 g/mol. The number of alkyl halides is 1. The molecule has 0 spiro atoms. The van der Waals surface area contributed by atoms with Crippen molar-refractivity contribution in [2.75, 3.05) is 5.88 Å². The van der Waals surface area contributed by atoms with Crippen LogP contribution in [0, 0.1) is 11.7 Å². The number of rotatable bonds is 6. The Balaban J connectivity index is 2.14. The van der Waals surface area contributed by atoms with Gasteiger partial charge in [-0.15, -0.1) is 11.6 Å². The molecule has 2 aromatic rings. The summed E-state index contributed by atoms with van der Waals surface area (Å²) in [4.78, 5) is 0. The van der Waals surface area contributed by atoms with Crippen LogP contribution in [0.5, 0.6) is 0 Å². The van der Waals surface area contributed by atoms with E-state index in [2.05, 4.69) is 5.10 Å². The van der Waals surface area contributed by atoms with Crippen LogP contribution in [-0.4, -0.2) is 15.7 Å². The van der Waals surface area contributed by atoms with Crippen molar-refractivity contribution in [2.45, 2.75) is 26.2 Å². The molecule has 0 N–H and O–H groups in total. The standard InChI is InChI=1S/C16H19Cl2FN2/c1-3-14-16(18)15(21(2)20-14)9-12(10-17)7-11-5-4-6-13(19)8-11/h4-6,8,12H,3,7,9-10H2,1-2H3. The van der Waals surface area contributed by atoms with Gasteiger partial charge in [-0.3, -0.25) is 4.68 Å². The van der Waals surface area contributed by atoms with Crippen LogP contribution in [-0.2, 0) is 26.3 Å². The molecule has 2 rings (SSSR count). The molecule has 0 fully saturated rings. The monoisotopic (exact) mass is 328 g/mol. The molecule has 0 aliphatic carbocycles. The minimum absolute atomic E-state index is 0.200. The quantitative estimate of drug-likeness (QED) is 0.718. The van der Waals surface area contributed by atoms with E-state index < -0.39 is 0 Å². The van der Waals surface area contributed by atoms with Gasteiger partial charge in [0.1, 0.15) is 5.82 Å². The zero-order valence-corrected chi connectivity index (χ0v) is 13.8. The van der Waals surface area contributed by atoms with E-state index in [0.29, 0.717) is 5.88 Å². The highest BCUT2D eigenvalue weighted by Gasteiger charge is 2.18. The molecule has 21 heavy (non-hydrogen) atoms. The second-order valence-electron chi connectivity index (χ2n) is 5.24. The summed E-state index contributed by atoms with van der Waals surface area (Å²) in [5, 5.41) is 5.15. The number of hydrogen-bond acceptors (Lipinski definition) is 1. The number of halogens is 3. The van der Waals surface area contributed by atoms with Gasteiger partial charge in [0, 0.05) is 12.9 Å². The lowest BCUT2D eigenvalue weighted by Gasteiger charge is -2.14. The van der Waals surface area contributed by atoms with Crippen LogP contribution in [0.3, 0.4) is 0 Å². The molecule has 0 bridgehead atoms. The van der Waals surface area contributed by atoms with E-state index in [1.54, 1.807) is 12.1 Å². The molecule has 0 radical (unpaired) electrons. The summed E-state index contributed by atoms with van der Waals surface area (Å²) in [6, 6.07) is 6.65. The van der Waals surface area contributed by atoms with Gasteiger partial charge >= 0.3 is 0 Å². The minimum atomic E-state index is -0.215. The van der Waals surface area contributed by atoms with E-state index in [1.807, 2.05) is 24.7 Å². The maximum absolute atomic E-state index is 13.3. The summed E-state index contributed by atoms with van der Waals surface area (Å²) in [5.74, 6) is 0.484. The van der Waals surface area contributed by atoms with Crippen molar-refractivity contribution < 1.29 is 4.39 Å². The van der Waals surface area contributed by atoms with Crippen molar-refractivity contribution in [3.8, 4) is 0 Å². The van der Waals surface area contributed by atoms with Crippen LogP contribution in [0.15, 0.2) is 24.3 Å². The molecule has 0 saturated heterocycles. The summed E-state index contributed by atoms with van der Waals surface area (Å²) >= 11 is 12.5. The largest absolute Gasteiger partial charge is 0.271 e. The molecule has 2 nitrogen and oxygen atoms in total. The number of nitrogens with zero attached hydrogens (tertiary/aromatic N) is 2. The molecule has 0 aliphatic heterocycles. The van der Waals surface area contributed by atoms with E-state index in [0.717, 1.165) is 41.2 Å². The van der Waals surface area contributed by atoms with Gasteiger partial charge in [0.2, 0.25) is 0 Å². The van der Waals surface area contributed by atoms with Crippen LogP contribution in [0.4, 0.5) is 4.39 Å². The summed E-state index contributed by atoms with van der Waals surface area (Å²) in [7, 11) is 1.90. The Hall–Kier alpha value is -1.06. The normalized spacial score (nSPS) is 12.6. The third kappa shape index (κ3) is 3.98. The first kappa shape index (κ1) is 16.3. The number of hydrogen-bond donors (Lipinski definition) is 0. The van der Waals surface area contributed by atoms with Crippen LogP contribution in [0.1, 0.15) is 23.9 Å². The predicted octanol–water partition coefficient (Wildman–Crippen LogP) is 4.42. The van der Waals surface area contributed by atoms with Crippen molar-refractivity contribution in [3.05, 3.63) is 52.1 Å². The molecule has 0 amide bonds. The van der Waals surface area contributed by atoms with Gasteiger partial charge in [0.05, 0.1) is 16.4 Å². The molecule has 0 saturated carbocycles. The topological polar surface area (TPSA) is 17.8 Å². The van der Waals surface area contributed by atoms with Crippen molar-refractivity contribution in [2.24, 2.45) is 13.0 Å². The number of benzene rings is 1. The van der Waals surface area contributed by atoms with Crippen molar-refractivity contribution in [1.82, 2.24) is 9.78 Å². The number of aromatic nitrogens is 2. The lowest BCUT2D eigenvalue weighted by atomic mass is 9.96. The first-order valence-corrected chi connectivity index (χ1v) is 7.97. The van der Waals surface area contributed by atoms with E-state index in [9.17, 15) is 4.39 Å². The van der Waals surface area contributed by atoms with Crippen molar-refractivity contribution in [3.63, 3.8) is 0 Å². The zero-order valence-electron chi connectivity index (χ0n) is 12.2. The summed E-state index contributed by atoms with van der Waals surface area (Å²) in [6.07, 6.45) is 2.27. The van der Waals surface area contributed by atoms with Gasteiger partial charge in [-0.2, -0.15) is 5.10 Å². The average molecular weight is 329 g/mol. The lowest BCUT2D eigenvalue weighted by Crippen LogP contribution is -2.13. The first-order chi connectivity index (χ1) is 10.0. The Kier molecular flexibility index (Phi) is 5.65. The van der Waals surface area contributed by atoms with E-state index in [-0.39, 0.29) is 11.7 Å². The summed E-state index contributed by atoms with van der Waals surface area (Å²) < 4.78 is 15.1. The third-order valence-electron chi connectivity index (χ3n) is 3.62. The molecule has 114 valence electrons. The molecule has 1 aromatic heterocycles. The Morgan fingerprint density at radius 3 is 2.67 bits per heavy atom. The summed E-state index contributed by atoms with van der Waals surface area (Å²) in [5.41, 5.74) is 2.86. The van der Waals surface area contributed by atoms with Crippen molar-refractivity contribution in [1.29, 1.82) is 0 Å². The predicted molar refractivity (Wildman–Crippen MR) is 85.6 cm³/mol. The van der Waals surface area contributed by atoms with Gasteiger partial charge < -0.3 is 0 Å². The van der Waals surface area contributed by atoms with Crippen LogP contribution in [0.2, 0.25) is 5.02 Å². The van der Waals surface area contributed by atoms with Gasteiger partial charge in [-0.05, 0) is 42.9 Å². The van der Waals surface area contributed by atoms with E-state index in [1.165, 1.54) is 6.07 Å². The van der Waals surface area contributed by atoms with Gasteiger partial charge in [0.15, 0.2) is 0 Å². The molecule has 1 unspecified atom stereocenters. The van der Waals surface area contributed by atoms with E-state index >= 15 is 0 Å². The fourth-order valence-corrected chi connectivity index (χ4v) is 3.08. The Morgan fingerprint density at radius 2 is 2.10 bits per heavy atom. The highest BCUT2D eigenvalue weighted by molar-refractivity contribution is 6.31. The average Bonchev–Trinajstić information content (AvgIpc) is 2.73. The molecule has 1 atom stereocenters. The van der Waals surface area contributed by atoms with Crippen LogP contribution >= 0.6 is 23.2 Å². The highest BCUT2D eigenvalue weighted by atomic mass is 35.5. The third-order valence-corrected chi connectivity index (χ3v) is 4.49. The number of aryl methyl sites for hydroxylation is 2. The Bertz CT molecular complexity index is 610. The Labute approximate surface area is 134 Å². The van der Waals surface area contributed by atoms with Gasteiger partial charge in [-0.1, -0.05) is 30.7 Å². The SMILES string of the molecule is CCc1nn(C)c(CC(CCl)Cc2cccc(F)c2)c1Cl. The molecule has 1 heterocycles. The second-order valence-corrected chi connectivity index (χ2v) is 5.93. The lowest BCUT2D eigenvalue weighted by molar-refractivity contribution is 0.547. The zero-order chi connectivity index (χ0) is 15.4. The first-order valence-electron chi connectivity index (χ1n) is 7.05. The maximum atomic E-state index is 13.3. The van der Waals surface area contributed by atoms with Crippen molar-refractivity contribution >= 4 is 23.2 Å². The molecular formula is C16H19Cl2FN2. The van der Waals surface area contributed by atoms with Gasteiger partial charge in [-0.25, -0.2) is 4.39 Å². The van der Waals surface area contributed by atoms with Gasteiger partial charge in [0.25, 0.3) is 0 Å². The van der Waals surface area contributed by atoms with Crippen LogP contribution < -0.4 is 0 Å². The Morgan fingerprint density at radius 1 is 1.33 bits per heavy atom. The smallest absolute Gasteiger partial charge is 0.123 e. The molecule has 1 aromatic carbocycles. The van der Waals surface area contributed by atoms with Crippen LogP contribution in [0.25, 0.3) is 0 Å².